The van der Waals surface area contributed by atoms with E-state index >= 15 is 0 Å². The summed E-state index contributed by atoms with van der Waals surface area (Å²) in [6.45, 7) is 2.72. The number of rotatable bonds is 10. The summed E-state index contributed by atoms with van der Waals surface area (Å²) in [5, 5.41) is 0.142. The Hall–Kier alpha value is -4.69. The molecule has 1 amide bonds. The maximum absolute atomic E-state index is 13.8. The van der Waals surface area contributed by atoms with Gasteiger partial charge in [0.2, 0.25) is 5.43 Å². The van der Waals surface area contributed by atoms with Gasteiger partial charge in [-0.05, 0) is 54.8 Å². The number of fused-ring (bicyclic) bond motifs is 1. The number of nitrogens with zero attached hydrogens (tertiary/aromatic N) is 2. The van der Waals surface area contributed by atoms with Crippen molar-refractivity contribution in [1.82, 2.24) is 9.88 Å². The van der Waals surface area contributed by atoms with Gasteiger partial charge < -0.3 is 9.88 Å². The zero-order chi connectivity index (χ0) is 28.8. The Morgan fingerprint density at radius 3 is 2.05 bits per heavy atom. The predicted octanol–water partition coefficient (Wildman–Crippen LogP) is 5.63. The lowest BCUT2D eigenvalue weighted by molar-refractivity contribution is 0.0743. The molecule has 1 N–H and O–H groups in total. The van der Waals surface area contributed by atoms with Gasteiger partial charge >= 0.3 is 0 Å². The highest BCUT2D eigenvalue weighted by Gasteiger charge is 2.25. The second-order valence-electron chi connectivity index (χ2n) is 9.69. The number of para-hydroxylation sites is 1. The molecule has 0 aliphatic heterocycles. The van der Waals surface area contributed by atoms with Gasteiger partial charge in [-0.15, -0.1) is 0 Å². The number of carbonyl (C=O) groups is 1. The number of hydrogen-bond donors (Lipinski definition) is 1. The van der Waals surface area contributed by atoms with E-state index in [0.29, 0.717) is 30.7 Å². The third kappa shape index (κ3) is 6.07. The van der Waals surface area contributed by atoms with Crippen molar-refractivity contribution in [3.05, 3.63) is 142 Å². The zero-order valence-corrected chi connectivity index (χ0v) is 23.6. The summed E-state index contributed by atoms with van der Waals surface area (Å²) in [4.78, 5) is 32.2. The number of amides is 1. The van der Waals surface area contributed by atoms with E-state index in [2.05, 4.69) is 4.98 Å². The molecule has 41 heavy (non-hydrogen) atoms. The van der Waals surface area contributed by atoms with Crippen LogP contribution in [-0.4, -0.2) is 37.3 Å². The van der Waals surface area contributed by atoms with Crippen LogP contribution in [0.2, 0.25) is 0 Å². The van der Waals surface area contributed by atoms with E-state index in [4.69, 9.17) is 0 Å². The Morgan fingerprint density at radius 1 is 0.805 bits per heavy atom. The van der Waals surface area contributed by atoms with E-state index in [0.717, 1.165) is 11.1 Å². The first-order valence-corrected chi connectivity index (χ1v) is 14.9. The van der Waals surface area contributed by atoms with Crippen LogP contribution in [0.4, 0.5) is 5.69 Å². The molecule has 1 aromatic heterocycles. The molecule has 0 aliphatic rings. The van der Waals surface area contributed by atoms with Crippen LogP contribution in [0.3, 0.4) is 0 Å². The van der Waals surface area contributed by atoms with Crippen LogP contribution in [0, 0.1) is 0 Å². The maximum Gasteiger partial charge on any atom is 0.264 e. The van der Waals surface area contributed by atoms with Gasteiger partial charge in [0.25, 0.3) is 15.9 Å². The highest BCUT2D eigenvalue weighted by atomic mass is 32.2. The zero-order valence-electron chi connectivity index (χ0n) is 22.7. The van der Waals surface area contributed by atoms with Crippen molar-refractivity contribution in [2.24, 2.45) is 0 Å². The number of aromatic nitrogens is 1. The molecule has 0 spiro atoms. The topological polar surface area (TPSA) is 90.6 Å². The highest BCUT2D eigenvalue weighted by molar-refractivity contribution is 7.92. The SMILES string of the molecule is CCN(c1ccccc1)S(=O)(=O)c1ccc2[nH]cc(C(=O)N(CCc3ccccc3)Cc3ccccc3)c(=O)c2c1. The van der Waals surface area contributed by atoms with Gasteiger partial charge in [-0.1, -0.05) is 78.9 Å². The number of H-pyrrole nitrogens is 1. The summed E-state index contributed by atoms with van der Waals surface area (Å²) in [6, 6.07) is 32.7. The molecule has 0 fully saturated rings. The minimum Gasteiger partial charge on any atom is -0.360 e. The average molecular weight is 566 g/mol. The van der Waals surface area contributed by atoms with Crippen LogP contribution in [0.5, 0.6) is 0 Å². The smallest absolute Gasteiger partial charge is 0.264 e. The molecule has 8 heteroatoms. The van der Waals surface area contributed by atoms with E-state index < -0.39 is 21.4 Å². The molecule has 5 rings (SSSR count). The Kier molecular flexibility index (Phi) is 8.31. The Balaban J connectivity index is 1.51. The van der Waals surface area contributed by atoms with Gasteiger partial charge in [-0.3, -0.25) is 13.9 Å². The first-order valence-electron chi connectivity index (χ1n) is 13.5. The molecule has 0 aliphatic carbocycles. The van der Waals surface area contributed by atoms with Gasteiger partial charge in [0, 0.05) is 36.7 Å². The van der Waals surface area contributed by atoms with Crippen molar-refractivity contribution < 1.29 is 13.2 Å². The summed E-state index contributed by atoms with van der Waals surface area (Å²) in [5.74, 6) is -0.416. The van der Waals surface area contributed by atoms with Crippen molar-refractivity contribution in [3.8, 4) is 0 Å². The van der Waals surface area contributed by atoms with Crippen molar-refractivity contribution in [3.63, 3.8) is 0 Å². The van der Waals surface area contributed by atoms with E-state index in [-0.39, 0.29) is 22.4 Å². The van der Waals surface area contributed by atoms with Crippen molar-refractivity contribution in [2.45, 2.75) is 24.8 Å². The average Bonchev–Trinajstić information content (AvgIpc) is 3.01. The third-order valence-electron chi connectivity index (χ3n) is 7.02. The van der Waals surface area contributed by atoms with Gasteiger partial charge in [0.15, 0.2) is 0 Å². The second kappa shape index (κ2) is 12.2. The summed E-state index contributed by atoms with van der Waals surface area (Å²) >= 11 is 0. The van der Waals surface area contributed by atoms with E-state index in [1.54, 1.807) is 42.2 Å². The van der Waals surface area contributed by atoms with Crippen LogP contribution in [0.1, 0.15) is 28.4 Å². The van der Waals surface area contributed by atoms with E-state index in [1.807, 2.05) is 66.7 Å². The standard InChI is InChI=1S/C33H31N3O4S/c1-2-36(27-16-10-5-11-17-27)41(39,40)28-18-19-31-29(22-28)32(37)30(23-34-31)33(38)35(24-26-14-8-4-9-15-26)21-20-25-12-6-3-7-13-25/h3-19,22-23H,2,20-21,24H2,1H3,(H,34,37). The minimum atomic E-state index is -3.96. The quantitative estimate of drug-likeness (QED) is 0.238. The molecule has 1 heterocycles. The van der Waals surface area contributed by atoms with Crippen LogP contribution < -0.4 is 9.73 Å². The highest BCUT2D eigenvalue weighted by Crippen LogP contribution is 2.25. The van der Waals surface area contributed by atoms with Gasteiger partial charge in [0.1, 0.15) is 5.56 Å². The number of aromatic amines is 1. The summed E-state index contributed by atoms with van der Waals surface area (Å²) < 4.78 is 28.5. The molecule has 0 saturated carbocycles. The molecule has 0 unspecified atom stereocenters. The lowest BCUT2D eigenvalue weighted by Crippen LogP contribution is -2.35. The van der Waals surface area contributed by atoms with E-state index in [1.165, 1.54) is 22.6 Å². The molecule has 5 aromatic rings. The first kappa shape index (κ1) is 27.9. The first-order chi connectivity index (χ1) is 19.9. The molecule has 208 valence electrons. The normalized spacial score (nSPS) is 11.3. The fourth-order valence-corrected chi connectivity index (χ4v) is 6.37. The molecule has 0 saturated heterocycles. The van der Waals surface area contributed by atoms with E-state index in [9.17, 15) is 18.0 Å². The lowest BCUT2D eigenvalue weighted by Gasteiger charge is -2.24. The largest absolute Gasteiger partial charge is 0.360 e. The minimum absolute atomic E-state index is 0.0176. The Morgan fingerprint density at radius 2 is 1.41 bits per heavy atom. The molecule has 0 atom stereocenters. The van der Waals surface area contributed by atoms with Gasteiger partial charge in [-0.2, -0.15) is 0 Å². The maximum atomic E-state index is 13.8. The van der Waals surface area contributed by atoms with Crippen LogP contribution >= 0.6 is 0 Å². The fraction of sp³-hybridized carbons (Fsp3) is 0.152. The summed E-state index contributed by atoms with van der Waals surface area (Å²) in [5.41, 5.74) is 2.46. The molecule has 0 radical (unpaired) electrons. The number of anilines is 1. The van der Waals surface area contributed by atoms with Crippen LogP contribution in [0.25, 0.3) is 10.9 Å². The van der Waals surface area contributed by atoms with Crippen molar-refractivity contribution >= 4 is 32.5 Å². The third-order valence-corrected chi connectivity index (χ3v) is 8.92. The fourth-order valence-electron chi connectivity index (χ4n) is 4.87. The predicted molar refractivity (Wildman–Crippen MR) is 163 cm³/mol. The molecule has 4 aromatic carbocycles. The number of sulfonamides is 1. The Labute approximate surface area is 239 Å². The van der Waals surface area contributed by atoms with Gasteiger partial charge in [-0.25, -0.2) is 8.42 Å². The number of benzene rings is 4. The monoisotopic (exact) mass is 565 g/mol. The van der Waals surface area contributed by atoms with Crippen molar-refractivity contribution in [1.29, 1.82) is 0 Å². The lowest BCUT2D eigenvalue weighted by atomic mass is 10.1. The summed E-state index contributed by atoms with van der Waals surface area (Å²) in [7, 11) is -3.96. The number of pyridine rings is 1. The molecular formula is C33H31N3O4S. The molecular weight excluding hydrogens is 534 g/mol. The molecule has 7 nitrogen and oxygen atoms in total. The summed E-state index contributed by atoms with van der Waals surface area (Å²) in [6.07, 6.45) is 2.05. The van der Waals surface area contributed by atoms with Crippen molar-refractivity contribution in [2.75, 3.05) is 17.4 Å². The van der Waals surface area contributed by atoms with Crippen LogP contribution in [0.15, 0.2) is 125 Å². The number of nitrogens with one attached hydrogen (secondary N) is 1. The number of carbonyl (C=O) groups excluding carboxylic acids is 1. The van der Waals surface area contributed by atoms with Crippen LogP contribution in [-0.2, 0) is 23.0 Å². The molecule has 0 bridgehead atoms. The number of hydrogen-bond acceptors (Lipinski definition) is 4. The Bertz CT molecular complexity index is 1810. The van der Waals surface area contributed by atoms with Gasteiger partial charge in [0.05, 0.1) is 10.6 Å². The second-order valence-corrected chi connectivity index (χ2v) is 11.6.